The van der Waals surface area contributed by atoms with Crippen LogP contribution in [-0.4, -0.2) is 11.3 Å². The minimum absolute atomic E-state index is 0. The number of ketones is 1. The molecule has 3 aromatic carbocycles. The van der Waals surface area contributed by atoms with Crippen LogP contribution in [0.1, 0.15) is 15.9 Å². The summed E-state index contributed by atoms with van der Waals surface area (Å²) in [7, 11) is 0. The summed E-state index contributed by atoms with van der Waals surface area (Å²) >= 11 is 0. The van der Waals surface area contributed by atoms with Gasteiger partial charge in [0.05, 0.1) is 0 Å². The Kier molecular flexibility index (Phi) is 5.23. The van der Waals surface area contributed by atoms with E-state index in [1.807, 2.05) is 72.8 Å². The van der Waals surface area contributed by atoms with E-state index < -0.39 is 0 Å². The molecule has 0 unspecified atom stereocenters. The maximum atomic E-state index is 12.3. The highest BCUT2D eigenvalue weighted by Crippen LogP contribution is 2.19. The lowest BCUT2D eigenvalue weighted by Crippen LogP contribution is -2.03. The summed E-state index contributed by atoms with van der Waals surface area (Å²) in [5.74, 6) is 0.154. The SMILES string of the molecule is O.O=C(Cc1ccccc1)c1ccc(-c2ccccc2)cc1. The predicted molar refractivity (Wildman–Crippen MR) is 90.0 cm³/mol. The van der Waals surface area contributed by atoms with Crippen LogP contribution >= 0.6 is 0 Å². The molecule has 2 nitrogen and oxygen atoms in total. The molecule has 0 aromatic heterocycles. The number of benzene rings is 3. The van der Waals surface area contributed by atoms with E-state index in [0.717, 1.165) is 16.7 Å². The van der Waals surface area contributed by atoms with Gasteiger partial charge in [0.25, 0.3) is 0 Å². The maximum absolute atomic E-state index is 12.3. The van der Waals surface area contributed by atoms with E-state index in [-0.39, 0.29) is 11.3 Å². The van der Waals surface area contributed by atoms with Crippen molar-refractivity contribution in [1.29, 1.82) is 0 Å². The van der Waals surface area contributed by atoms with Crippen molar-refractivity contribution in [2.75, 3.05) is 0 Å². The number of rotatable bonds is 4. The number of carbonyl (C=O) groups excluding carboxylic acids is 1. The van der Waals surface area contributed by atoms with Crippen molar-refractivity contribution in [1.82, 2.24) is 0 Å². The molecule has 0 aliphatic rings. The number of carbonyl (C=O) groups is 1. The van der Waals surface area contributed by atoms with E-state index in [2.05, 4.69) is 12.1 Å². The fourth-order valence-electron chi connectivity index (χ4n) is 2.36. The Hall–Kier alpha value is -2.71. The van der Waals surface area contributed by atoms with Gasteiger partial charge in [0.2, 0.25) is 0 Å². The van der Waals surface area contributed by atoms with Gasteiger partial charge in [-0.15, -0.1) is 0 Å². The van der Waals surface area contributed by atoms with E-state index in [9.17, 15) is 4.79 Å². The molecule has 2 N–H and O–H groups in total. The summed E-state index contributed by atoms with van der Waals surface area (Å²) in [4.78, 5) is 12.3. The third-order valence-electron chi connectivity index (χ3n) is 3.52. The van der Waals surface area contributed by atoms with Gasteiger partial charge in [-0.1, -0.05) is 84.9 Å². The zero-order chi connectivity index (χ0) is 14.5. The van der Waals surface area contributed by atoms with Gasteiger partial charge in [0.1, 0.15) is 0 Å². The molecule has 3 aromatic rings. The molecule has 22 heavy (non-hydrogen) atoms. The van der Waals surface area contributed by atoms with Crippen molar-refractivity contribution >= 4 is 5.78 Å². The molecule has 0 aliphatic carbocycles. The van der Waals surface area contributed by atoms with Crippen LogP contribution in [0.2, 0.25) is 0 Å². The van der Waals surface area contributed by atoms with Crippen LogP contribution in [0.3, 0.4) is 0 Å². The molecule has 0 saturated carbocycles. The monoisotopic (exact) mass is 290 g/mol. The van der Waals surface area contributed by atoms with E-state index in [1.165, 1.54) is 5.56 Å². The third kappa shape index (κ3) is 3.68. The maximum Gasteiger partial charge on any atom is 0.167 e. The Balaban J connectivity index is 0.00000176. The van der Waals surface area contributed by atoms with Gasteiger partial charge >= 0.3 is 0 Å². The molecule has 3 rings (SSSR count). The highest BCUT2D eigenvalue weighted by atomic mass is 16.1. The Bertz CT molecular complexity index is 717. The Morgan fingerprint density at radius 1 is 0.636 bits per heavy atom. The normalized spacial score (nSPS) is 9.82. The second kappa shape index (κ2) is 7.34. The van der Waals surface area contributed by atoms with E-state index in [1.54, 1.807) is 0 Å². The van der Waals surface area contributed by atoms with Crippen LogP contribution in [0.4, 0.5) is 0 Å². The molecule has 0 spiro atoms. The van der Waals surface area contributed by atoms with E-state index in [4.69, 9.17) is 0 Å². The van der Waals surface area contributed by atoms with Gasteiger partial charge in [-0.05, 0) is 16.7 Å². The van der Waals surface area contributed by atoms with Gasteiger partial charge in [0.15, 0.2) is 5.78 Å². The lowest BCUT2D eigenvalue weighted by molar-refractivity contribution is 0.0993. The van der Waals surface area contributed by atoms with Crippen molar-refractivity contribution in [3.8, 4) is 11.1 Å². The predicted octanol–water partition coefficient (Wildman–Crippen LogP) is 3.95. The fourth-order valence-corrected chi connectivity index (χ4v) is 2.36. The highest BCUT2D eigenvalue weighted by Gasteiger charge is 2.07. The fraction of sp³-hybridized carbons (Fsp3) is 0.0500. The lowest BCUT2D eigenvalue weighted by atomic mass is 9.99. The number of hydrogen-bond acceptors (Lipinski definition) is 1. The Labute approximate surface area is 130 Å². The van der Waals surface area contributed by atoms with Crippen molar-refractivity contribution in [2.24, 2.45) is 0 Å². The van der Waals surface area contributed by atoms with Crippen LogP contribution in [0.25, 0.3) is 11.1 Å². The summed E-state index contributed by atoms with van der Waals surface area (Å²) < 4.78 is 0. The molecular weight excluding hydrogens is 272 g/mol. The smallest absolute Gasteiger partial charge is 0.167 e. The average Bonchev–Trinajstić information content (AvgIpc) is 2.57. The summed E-state index contributed by atoms with van der Waals surface area (Å²) in [5, 5.41) is 0. The van der Waals surface area contributed by atoms with E-state index >= 15 is 0 Å². The summed E-state index contributed by atoms with van der Waals surface area (Å²) in [6.45, 7) is 0. The van der Waals surface area contributed by atoms with Crippen molar-refractivity contribution < 1.29 is 10.3 Å². The topological polar surface area (TPSA) is 48.6 Å². The molecule has 0 radical (unpaired) electrons. The van der Waals surface area contributed by atoms with Gasteiger partial charge < -0.3 is 5.48 Å². The number of hydrogen-bond donors (Lipinski definition) is 0. The van der Waals surface area contributed by atoms with Crippen LogP contribution in [0, 0.1) is 0 Å². The highest BCUT2D eigenvalue weighted by molar-refractivity contribution is 5.97. The minimum atomic E-state index is 0. The molecule has 0 saturated heterocycles. The van der Waals surface area contributed by atoms with Crippen LogP contribution < -0.4 is 0 Å². The quantitative estimate of drug-likeness (QED) is 0.671. The standard InChI is InChI=1S/C20H16O.H2O/c21-20(15-16-7-3-1-4-8-16)19-13-11-18(12-14-19)17-9-5-2-6-10-17;/h1-14H,15H2;1H2. The Morgan fingerprint density at radius 3 is 1.73 bits per heavy atom. The van der Waals surface area contributed by atoms with Gasteiger partial charge in [-0.2, -0.15) is 0 Å². The lowest BCUT2D eigenvalue weighted by Gasteiger charge is -2.04. The first-order chi connectivity index (χ1) is 10.3. The first-order valence-corrected chi connectivity index (χ1v) is 7.05. The summed E-state index contributed by atoms with van der Waals surface area (Å²) in [5.41, 5.74) is 4.11. The summed E-state index contributed by atoms with van der Waals surface area (Å²) in [6.07, 6.45) is 0.450. The molecule has 0 atom stereocenters. The van der Waals surface area contributed by atoms with Crippen molar-refractivity contribution in [2.45, 2.75) is 6.42 Å². The third-order valence-corrected chi connectivity index (χ3v) is 3.52. The first kappa shape index (κ1) is 15.7. The molecule has 0 heterocycles. The second-order valence-electron chi connectivity index (χ2n) is 5.03. The molecule has 0 fully saturated rings. The second-order valence-corrected chi connectivity index (χ2v) is 5.03. The minimum Gasteiger partial charge on any atom is -0.412 e. The number of Topliss-reactive ketones (excluding diaryl/α,β-unsaturated/α-hetero) is 1. The van der Waals surface area contributed by atoms with Crippen LogP contribution in [0.5, 0.6) is 0 Å². The van der Waals surface area contributed by atoms with Gasteiger partial charge in [-0.3, -0.25) is 4.79 Å². The van der Waals surface area contributed by atoms with Crippen molar-refractivity contribution in [3.63, 3.8) is 0 Å². The van der Waals surface area contributed by atoms with Gasteiger partial charge in [-0.25, -0.2) is 0 Å². The van der Waals surface area contributed by atoms with E-state index in [0.29, 0.717) is 6.42 Å². The van der Waals surface area contributed by atoms with Crippen LogP contribution in [-0.2, 0) is 6.42 Å². The summed E-state index contributed by atoms with van der Waals surface area (Å²) in [6, 6.07) is 27.9. The molecule has 0 amide bonds. The van der Waals surface area contributed by atoms with Gasteiger partial charge in [0, 0.05) is 12.0 Å². The van der Waals surface area contributed by atoms with Crippen LogP contribution in [0.15, 0.2) is 84.9 Å². The Morgan fingerprint density at radius 2 is 1.14 bits per heavy atom. The zero-order valence-electron chi connectivity index (χ0n) is 12.2. The zero-order valence-corrected chi connectivity index (χ0v) is 12.2. The first-order valence-electron chi connectivity index (χ1n) is 7.05. The molecule has 2 heteroatoms. The largest absolute Gasteiger partial charge is 0.412 e. The van der Waals surface area contributed by atoms with Crippen molar-refractivity contribution in [3.05, 3.63) is 96.1 Å². The molecule has 0 bridgehead atoms. The average molecular weight is 290 g/mol. The molecule has 110 valence electrons. The molecule has 0 aliphatic heterocycles. The molecular formula is C20H18O2.